The van der Waals surface area contributed by atoms with E-state index in [-0.39, 0.29) is 11.9 Å². The minimum absolute atomic E-state index is 0.124. The zero-order valence-corrected chi connectivity index (χ0v) is 8.83. The summed E-state index contributed by atoms with van der Waals surface area (Å²) >= 11 is 0. The van der Waals surface area contributed by atoms with Crippen molar-refractivity contribution in [1.29, 1.82) is 5.26 Å². The average Bonchev–Trinajstić information content (AvgIpc) is 2.24. The standard InChI is InChI=1S/C12H15FN2/c1-10(15-8-3-2-7-14)11-5-4-6-12(13)9-11/h4-6,9-10,15H,2-3,8H2,1H3. The first kappa shape index (κ1) is 11.7. The van der Waals surface area contributed by atoms with Crippen LogP contribution in [0.4, 0.5) is 4.39 Å². The zero-order valence-electron chi connectivity index (χ0n) is 8.83. The normalized spacial score (nSPS) is 12.1. The minimum Gasteiger partial charge on any atom is -0.310 e. The van der Waals surface area contributed by atoms with Crippen LogP contribution in [0.5, 0.6) is 0 Å². The third-order valence-corrected chi connectivity index (χ3v) is 2.26. The topological polar surface area (TPSA) is 35.8 Å². The predicted molar refractivity (Wildman–Crippen MR) is 57.7 cm³/mol. The molecule has 0 amide bonds. The fraction of sp³-hybridized carbons (Fsp3) is 0.417. The number of hydrogen-bond donors (Lipinski definition) is 1. The summed E-state index contributed by atoms with van der Waals surface area (Å²) in [6.45, 7) is 2.77. The molecule has 0 saturated carbocycles. The molecule has 0 fully saturated rings. The molecule has 1 unspecified atom stereocenters. The van der Waals surface area contributed by atoms with Gasteiger partial charge in [-0.1, -0.05) is 12.1 Å². The van der Waals surface area contributed by atoms with Crippen molar-refractivity contribution >= 4 is 0 Å². The molecule has 1 atom stereocenters. The number of unbranched alkanes of at least 4 members (excludes halogenated alkanes) is 1. The molecular formula is C12H15FN2. The lowest BCUT2D eigenvalue weighted by Gasteiger charge is -2.13. The number of hydrogen-bond acceptors (Lipinski definition) is 2. The van der Waals surface area contributed by atoms with Crippen molar-refractivity contribution in [1.82, 2.24) is 5.32 Å². The van der Waals surface area contributed by atoms with E-state index in [1.807, 2.05) is 13.0 Å². The number of benzene rings is 1. The van der Waals surface area contributed by atoms with Crippen molar-refractivity contribution in [2.45, 2.75) is 25.8 Å². The van der Waals surface area contributed by atoms with Gasteiger partial charge < -0.3 is 5.32 Å². The molecule has 1 aromatic carbocycles. The number of nitrogens with zero attached hydrogens (tertiary/aromatic N) is 1. The molecule has 1 rings (SSSR count). The molecule has 0 heterocycles. The van der Waals surface area contributed by atoms with E-state index in [1.54, 1.807) is 6.07 Å². The van der Waals surface area contributed by atoms with Gasteiger partial charge in [-0.05, 0) is 37.6 Å². The first-order chi connectivity index (χ1) is 7.24. The van der Waals surface area contributed by atoms with E-state index < -0.39 is 0 Å². The van der Waals surface area contributed by atoms with Crippen LogP contribution in [-0.4, -0.2) is 6.54 Å². The quantitative estimate of drug-likeness (QED) is 0.752. The lowest BCUT2D eigenvalue weighted by Crippen LogP contribution is -2.19. The Bertz CT molecular complexity index is 344. The first-order valence-electron chi connectivity index (χ1n) is 5.10. The van der Waals surface area contributed by atoms with E-state index in [2.05, 4.69) is 11.4 Å². The molecule has 1 N–H and O–H groups in total. The fourth-order valence-corrected chi connectivity index (χ4v) is 1.38. The predicted octanol–water partition coefficient (Wildman–Crippen LogP) is 2.78. The summed E-state index contributed by atoms with van der Waals surface area (Å²) in [7, 11) is 0. The van der Waals surface area contributed by atoms with Gasteiger partial charge >= 0.3 is 0 Å². The Morgan fingerprint density at radius 2 is 2.33 bits per heavy atom. The third-order valence-electron chi connectivity index (χ3n) is 2.26. The van der Waals surface area contributed by atoms with Crippen LogP contribution in [0, 0.1) is 17.1 Å². The van der Waals surface area contributed by atoms with Crippen LogP contribution < -0.4 is 5.32 Å². The van der Waals surface area contributed by atoms with Crippen LogP contribution in [0.25, 0.3) is 0 Å². The Hall–Kier alpha value is -1.40. The zero-order chi connectivity index (χ0) is 11.1. The van der Waals surface area contributed by atoms with Crippen LogP contribution in [-0.2, 0) is 0 Å². The number of nitrogens with one attached hydrogen (secondary N) is 1. The van der Waals surface area contributed by atoms with Gasteiger partial charge in [-0.3, -0.25) is 0 Å². The maximum atomic E-state index is 12.9. The molecule has 1 aromatic rings. The summed E-state index contributed by atoms with van der Waals surface area (Å²) in [6.07, 6.45) is 1.39. The number of nitriles is 1. The molecule has 0 spiro atoms. The summed E-state index contributed by atoms with van der Waals surface area (Å²) in [4.78, 5) is 0. The summed E-state index contributed by atoms with van der Waals surface area (Å²) in [6, 6.07) is 8.78. The molecular weight excluding hydrogens is 191 g/mol. The largest absolute Gasteiger partial charge is 0.310 e. The maximum absolute atomic E-state index is 12.9. The monoisotopic (exact) mass is 206 g/mol. The van der Waals surface area contributed by atoms with Crippen LogP contribution >= 0.6 is 0 Å². The van der Waals surface area contributed by atoms with Crippen LogP contribution in [0.1, 0.15) is 31.4 Å². The summed E-state index contributed by atoms with van der Waals surface area (Å²) < 4.78 is 12.9. The van der Waals surface area contributed by atoms with Gasteiger partial charge in [-0.25, -0.2) is 4.39 Å². The molecule has 0 radical (unpaired) electrons. The van der Waals surface area contributed by atoms with E-state index in [0.717, 1.165) is 18.5 Å². The van der Waals surface area contributed by atoms with Gasteiger partial charge in [-0.15, -0.1) is 0 Å². The van der Waals surface area contributed by atoms with Gasteiger partial charge in [0.2, 0.25) is 0 Å². The van der Waals surface area contributed by atoms with E-state index in [4.69, 9.17) is 5.26 Å². The Morgan fingerprint density at radius 1 is 1.53 bits per heavy atom. The summed E-state index contributed by atoms with van der Waals surface area (Å²) in [5, 5.41) is 11.6. The number of halogens is 1. The van der Waals surface area contributed by atoms with Gasteiger partial charge in [0.25, 0.3) is 0 Å². The van der Waals surface area contributed by atoms with E-state index in [9.17, 15) is 4.39 Å². The molecule has 3 heteroatoms. The Labute approximate surface area is 89.7 Å². The SMILES string of the molecule is CC(NCCCC#N)c1cccc(F)c1. The Kier molecular flexibility index (Phi) is 4.79. The van der Waals surface area contributed by atoms with Crippen molar-refractivity contribution in [3.63, 3.8) is 0 Å². The highest BCUT2D eigenvalue weighted by atomic mass is 19.1. The van der Waals surface area contributed by atoms with Crippen molar-refractivity contribution in [3.8, 4) is 6.07 Å². The van der Waals surface area contributed by atoms with E-state index >= 15 is 0 Å². The van der Waals surface area contributed by atoms with Crippen LogP contribution in [0.2, 0.25) is 0 Å². The minimum atomic E-state index is -0.210. The van der Waals surface area contributed by atoms with Gasteiger partial charge in [0.1, 0.15) is 5.82 Å². The lowest BCUT2D eigenvalue weighted by atomic mass is 10.1. The Morgan fingerprint density at radius 3 is 3.00 bits per heavy atom. The van der Waals surface area contributed by atoms with Gasteiger partial charge in [-0.2, -0.15) is 5.26 Å². The van der Waals surface area contributed by atoms with Crippen LogP contribution in [0.15, 0.2) is 24.3 Å². The third kappa shape index (κ3) is 4.09. The average molecular weight is 206 g/mol. The Balaban J connectivity index is 2.40. The van der Waals surface area contributed by atoms with E-state index in [1.165, 1.54) is 12.1 Å². The van der Waals surface area contributed by atoms with Gasteiger partial charge in [0.15, 0.2) is 0 Å². The molecule has 0 bridgehead atoms. The summed E-state index contributed by atoms with van der Waals surface area (Å²) in [5.41, 5.74) is 0.937. The summed E-state index contributed by atoms with van der Waals surface area (Å²) in [5.74, 6) is -0.210. The van der Waals surface area contributed by atoms with Crippen molar-refractivity contribution < 1.29 is 4.39 Å². The molecule has 80 valence electrons. The lowest BCUT2D eigenvalue weighted by molar-refractivity contribution is 0.555. The molecule has 0 aliphatic rings. The van der Waals surface area contributed by atoms with Crippen molar-refractivity contribution in [2.24, 2.45) is 0 Å². The van der Waals surface area contributed by atoms with Crippen molar-refractivity contribution in [3.05, 3.63) is 35.6 Å². The highest BCUT2D eigenvalue weighted by molar-refractivity contribution is 5.19. The highest BCUT2D eigenvalue weighted by Gasteiger charge is 2.04. The second kappa shape index (κ2) is 6.15. The smallest absolute Gasteiger partial charge is 0.123 e. The molecule has 0 saturated heterocycles. The highest BCUT2D eigenvalue weighted by Crippen LogP contribution is 2.13. The first-order valence-corrected chi connectivity index (χ1v) is 5.10. The van der Waals surface area contributed by atoms with Crippen molar-refractivity contribution in [2.75, 3.05) is 6.54 Å². The van der Waals surface area contributed by atoms with E-state index in [0.29, 0.717) is 6.42 Å². The molecule has 15 heavy (non-hydrogen) atoms. The molecule has 0 aliphatic carbocycles. The van der Waals surface area contributed by atoms with Gasteiger partial charge in [0, 0.05) is 12.5 Å². The maximum Gasteiger partial charge on any atom is 0.123 e. The molecule has 0 aromatic heterocycles. The fourth-order valence-electron chi connectivity index (χ4n) is 1.38. The molecule has 0 aliphatic heterocycles. The van der Waals surface area contributed by atoms with Gasteiger partial charge in [0.05, 0.1) is 6.07 Å². The second-order valence-corrected chi connectivity index (χ2v) is 3.49. The number of rotatable bonds is 5. The second-order valence-electron chi connectivity index (χ2n) is 3.49. The van der Waals surface area contributed by atoms with Crippen LogP contribution in [0.3, 0.4) is 0 Å². The molecule has 2 nitrogen and oxygen atoms in total.